The molecule has 1 unspecified atom stereocenters. The summed E-state index contributed by atoms with van der Waals surface area (Å²) in [4.78, 5) is 0. The zero-order valence-electron chi connectivity index (χ0n) is 12.6. The number of benzene rings is 1. The van der Waals surface area contributed by atoms with Crippen molar-refractivity contribution < 1.29 is 0 Å². The molecule has 1 aromatic carbocycles. The zero-order chi connectivity index (χ0) is 13.9. The topological polar surface area (TPSA) is 0 Å². The van der Waals surface area contributed by atoms with E-state index in [2.05, 4.69) is 45.0 Å². The van der Waals surface area contributed by atoms with Crippen molar-refractivity contribution in [3.8, 4) is 0 Å². The maximum absolute atomic E-state index is 6.78. The Kier molecular flexibility index (Phi) is 4.95. The maximum atomic E-state index is 6.78. The number of alkyl halides is 1. The van der Waals surface area contributed by atoms with Crippen LogP contribution in [0.1, 0.15) is 69.4 Å². The van der Waals surface area contributed by atoms with Crippen LogP contribution in [-0.4, -0.2) is 0 Å². The van der Waals surface area contributed by atoms with E-state index in [4.69, 9.17) is 11.6 Å². The van der Waals surface area contributed by atoms with E-state index in [1.165, 1.54) is 43.2 Å². The van der Waals surface area contributed by atoms with E-state index in [1.54, 1.807) is 0 Å². The maximum Gasteiger partial charge on any atom is 0.0638 e. The summed E-state index contributed by atoms with van der Waals surface area (Å²) in [6.07, 6.45) is 7.76. The van der Waals surface area contributed by atoms with Crippen molar-refractivity contribution in [3.63, 3.8) is 0 Å². The van der Waals surface area contributed by atoms with E-state index in [9.17, 15) is 0 Å². The van der Waals surface area contributed by atoms with Gasteiger partial charge in [0.2, 0.25) is 0 Å². The van der Waals surface area contributed by atoms with Crippen molar-refractivity contribution in [2.75, 3.05) is 0 Å². The van der Waals surface area contributed by atoms with Crippen LogP contribution >= 0.6 is 11.6 Å². The molecule has 0 bridgehead atoms. The molecule has 0 radical (unpaired) electrons. The van der Waals surface area contributed by atoms with E-state index in [0.29, 0.717) is 11.3 Å². The van der Waals surface area contributed by atoms with Gasteiger partial charge in [0.15, 0.2) is 0 Å². The average molecular weight is 279 g/mol. The van der Waals surface area contributed by atoms with Crippen LogP contribution < -0.4 is 0 Å². The van der Waals surface area contributed by atoms with Gasteiger partial charge >= 0.3 is 0 Å². The van der Waals surface area contributed by atoms with Crippen molar-refractivity contribution in [1.82, 2.24) is 0 Å². The minimum Gasteiger partial charge on any atom is -0.117 e. The molecule has 1 aliphatic carbocycles. The fraction of sp³-hybridized carbons (Fsp3) is 0.667. The molecule has 1 heteroatoms. The number of rotatable bonds is 4. The second-order valence-corrected chi connectivity index (χ2v) is 7.35. The van der Waals surface area contributed by atoms with Gasteiger partial charge in [0, 0.05) is 0 Å². The second kappa shape index (κ2) is 6.31. The first kappa shape index (κ1) is 14.9. The molecule has 0 aromatic heterocycles. The summed E-state index contributed by atoms with van der Waals surface area (Å²) in [5.74, 6) is 0.716. The van der Waals surface area contributed by atoms with Crippen LogP contribution in [-0.2, 0) is 6.42 Å². The lowest BCUT2D eigenvalue weighted by molar-refractivity contribution is 0.206. The highest BCUT2D eigenvalue weighted by molar-refractivity contribution is 6.21. The molecule has 106 valence electrons. The first-order valence-corrected chi connectivity index (χ1v) is 8.18. The molecule has 0 spiro atoms. The van der Waals surface area contributed by atoms with Crippen LogP contribution in [0.2, 0.25) is 0 Å². The second-order valence-electron chi connectivity index (χ2n) is 6.92. The smallest absolute Gasteiger partial charge is 0.0638 e. The highest BCUT2D eigenvalue weighted by atomic mass is 35.5. The highest BCUT2D eigenvalue weighted by Gasteiger charge is 2.35. The van der Waals surface area contributed by atoms with Gasteiger partial charge in [-0.05, 0) is 41.7 Å². The number of hydrogen-bond donors (Lipinski definition) is 0. The lowest BCUT2D eigenvalue weighted by Gasteiger charge is -2.38. The minimum atomic E-state index is 0.167. The van der Waals surface area contributed by atoms with E-state index >= 15 is 0 Å². The van der Waals surface area contributed by atoms with Crippen molar-refractivity contribution in [2.24, 2.45) is 11.3 Å². The third-order valence-electron chi connectivity index (χ3n) is 4.52. The Morgan fingerprint density at radius 3 is 2.16 bits per heavy atom. The average Bonchev–Trinajstić information content (AvgIpc) is 2.39. The van der Waals surface area contributed by atoms with Crippen LogP contribution in [0.4, 0.5) is 0 Å². The summed E-state index contributed by atoms with van der Waals surface area (Å²) in [6.45, 7) is 6.90. The van der Waals surface area contributed by atoms with Crippen molar-refractivity contribution >= 4 is 11.6 Å². The van der Waals surface area contributed by atoms with E-state index in [1.807, 2.05) is 0 Å². The molecule has 1 saturated carbocycles. The fourth-order valence-electron chi connectivity index (χ4n) is 3.31. The molecule has 1 aliphatic rings. The van der Waals surface area contributed by atoms with Gasteiger partial charge in [0.25, 0.3) is 0 Å². The molecule has 0 amide bonds. The third-order valence-corrected chi connectivity index (χ3v) is 5.30. The molecule has 1 aromatic rings. The molecule has 0 aliphatic heterocycles. The van der Waals surface area contributed by atoms with Crippen LogP contribution in [0.25, 0.3) is 0 Å². The normalized spacial score (nSPS) is 20.5. The standard InChI is InChI=1S/C18H27Cl/c1-14(2)13-15-7-9-16(10-8-15)17(19)18(3)11-5-4-6-12-18/h7-10,14,17H,4-6,11-13H2,1-3H3. The molecule has 2 rings (SSSR count). The summed E-state index contributed by atoms with van der Waals surface area (Å²) < 4.78 is 0. The summed E-state index contributed by atoms with van der Waals surface area (Å²) in [6, 6.07) is 9.01. The molecule has 1 fully saturated rings. The van der Waals surface area contributed by atoms with Gasteiger partial charge in [0.05, 0.1) is 5.38 Å². The van der Waals surface area contributed by atoms with Gasteiger partial charge in [-0.25, -0.2) is 0 Å². The summed E-state index contributed by atoms with van der Waals surface area (Å²) in [5, 5.41) is 0.167. The summed E-state index contributed by atoms with van der Waals surface area (Å²) in [5.41, 5.74) is 3.02. The SMILES string of the molecule is CC(C)Cc1ccc(C(Cl)C2(C)CCCCC2)cc1. The third kappa shape index (κ3) is 3.75. The Morgan fingerprint density at radius 2 is 1.63 bits per heavy atom. The van der Waals surface area contributed by atoms with Crippen LogP contribution in [0.15, 0.2) is 24.3 Å². The van der Waals surface area contributed by atoms with Crippen LogP contribution in [0.5, 0.6) is 0 Å². The Morgan fingerprint density at radius 1 is 1.05 bits per heavy atom. The first-order chi connectivity index (χ1) is 9.01. The summed E-state index contributed by atoms with van der Waals surface area (Å²) >= 11 is 6.78. The molecular formula is C18H27Cl. The summed E-state index contributed by atoms with van der Waals surface area (Å²) in [7, 11) is 0. The van der Waals surface area contributed by atoms with E-state index in [0.717, 1.165) is 6.42 Å². The lowest BCUT2D eigenvalue weighted by atomic mass is 9.71. The molecule has 19 heavy (non-hydrogen) atoms. The largest absolute Gasteiger partial charge is 0.117 e. The Balaban J connectivity index is 2.08. The molecule has 0 nitrogen and oxygen atoms in total. The predicted molar refractivity (Wildman–Crippen MR) is 84.8 cm³/mol. The predicted octanol–water partition coefficient (Wildman–Crippen LogP) is 6.14. The molecule has 0 heterocycles. The van der Waals surface area contributed by atoms with Gasteiger partial charge in [-0.3, -0.25) is 0 Å². The molecule has 1 atom stereocenters. The van der Waals surface area contributed by atoms with Crippen molar-refractivity contribution in [3.05, 3.63) is 35.4 Å². The Labute approximate surface area is 123 Å². The molecule has 0 saturated heterocycles. The zero-order valence-corrected chi connectivity index (χ0v) is 13.3. The molecular weight excluding hydrogens is 252 g/mol. The van der Waals surface area contributed by atoms with Gasteiger partial charge < -0.3 is 0 Å². The number of hydrogen-bond acceptors (Lipinski definition) is 0. The van der Waals surface area contributed by atoms with Crippen molar-refractivity contribution in [2.45, 2.75) is 64.7 Å². The first-order valence-electron chi connectivity index (χ1n) is 7.74. The highest BCUT2D eigenvalue weighted by Crippen LogP contribution is 2.49. The van der Waals surface area contributed by atoms with Gasteiger partial charge in [-0.2, -0.15) is 0 Å². The molecule has 0 N–H and O–H groups in total. The van der Waals surface area contributed by atoms with Crippen molar-refractivity contribution in [1.29, 1.82) is 0 Å². The van der Waals surface area contributed by atoms with Crippen LogP contribution in [0, 0.1) is 11.3 Å². The fourth-order valence-corrected chi connectivity index (χ4v) is 3.67. The van der Waals surface area contributed by atoms with Crippen LogP contribution in [0.3, 0.4) is 0 Å². The monoisotopic (exact) mass is 278 g/mol. The quantitative estimate of drug-likeness (QED) is 0.581. The lowest BCUT2D eigenvalue weighted by Crippen LogP contribution is -2.25. The van der Waals surface area contributed by atoms with Gasteiger partial charge in [0.1, 0.15) is 0 Å². The number of halogens is 1. The Hall–Kier alpha value is -0.490. The van der Waals surface area contributed by atoms with Gasteiger partial charge in [-0.1, -0.05) is 64.3 Å². The minimum absolute atomic E-state index is 0.167. The van der Waals surface area contributed by atoms with E-state index in [-0.39, 0.29) is 5.38 Å². The van der Waals surface area contributed by atoms with Gasteiger partial charge in [-0.15, -0.1) is 11.6 Å². The Bertz CT molecular complexity index is 385. The van der Waals surface area contributed by atoms with E-state index < -0.39 is 0 Å².